The van der Waals surface area contributed by atoms with E-state index in [2.05, 4.69) is 15.5 Å². The number of rotatable bonds is 5. The predicted molar refractivity (Wildman–Crippen MR) is 97.2 cm³/mol. The largest absolute Gasteiger partial charge is 0.323 e. The molecule has 1 heterocycles. The van der Waals surface area contributed by atoms with Gasteiger partial charge in [-0.2, -0.15) is 0 Å². The van der Waals surface area contributed by atoms with Crippen molar-refractivity contribution in [3.8, 4) is 11.4 Å². The molecule has 5 nitrogen and oxygen atoms in total. The van der Waals surface area contributed by atoms with Crippen LogP contribution >= 0.6 is 23.4 Å². The molecule has 0 spiro atoms. The van der Waals surface area contributed by atoms with E-state index >= 15 is 0 Å². The van der Waals surface area contributed by atoms with E-state index in [-0.39, 0.29) is 17.3 Å². The summed E-state index contributed by atoms with van der Waals surface area (Å²) in [5.41, 5.74) is 0.728. The van der Waals surface area contributed by atoms with Gasteiger partial charge in [0.05, 0.1) is 11.4 Å². The molecule has 0 aliphatic rings. The van der Waals surface area contributed by atoms with Crippen molar-refractivity contribution in [3.63, 3.8) is 0 Å². The topological polar surface area (TPSA) is 59.8 Å². The number of carbonyl (C=O) groups excluding carboxylic acids is 1. The summed E-state index contributed by atoms with van der Waals surface area (Å²) in [6.45, 7) is 0. The fourth-order valence-electron chi connectivity index (χ4n) is 2.20. The van der Waals surface area contributed by atoms with Gasteiger partial charge in [0.2, 0.25) is 5.91 Å². The Morgan fingerprint density at radius 3 is 2.65 bits per heavy atom. The second-order valence-electron chi connectivity index (χ2n) is 5.33. The molecule has 0 radical (unpaired) electrons. The highest BCUT2D eigenvalue weighted by Gasteiger charge is 2.14. The first kappa shape index (κ1) is 18.3. The van der Waals surface area contributed by atoms with Gasteiger partial charge in [0.1, 0.15) is 11.6 Å². The van der Waals surface area contributed by atoms with Crippen LogP contribution in [0.25, 0.3) is 11.4 Å². The molecule has 0 fully saturated rings. The summed E-state index contributed by atoms with van der Waals surface area (Å²) in [7, 11) is 1.75. The van der Waals surface area contributed by atoms with Crippen LogP contribution in [0.2, 0.25) is 5.02 Å². The maximum absolute atomic E-state index is 13.6. The normalized spacial score (nSPS) is 10.8. The number of hydrogen-bond donors (Lipinski definition) is 1. The Kier molecular flexibility index (Phi) is 5.53. The third-order valence-corrected chi connectivity index (χ3v) is 4.73. The maximum Gasteiger partial charge on any atom is 0.234 e. The molecule has 0 atom stereocenters. The van der Waals surface area contributed by atoms with Crippen LogP contribution in [0.1, 0.15) is 0 Å². The van der Waals surface area contributed by atoms with Gasteiger partial charge in [-0.1, -0.05) is 23.4 Å². The Bertz CT molecular complexity index is 946. The summed E-state index contributed by atoms with van der Waals surface area (Å²) >= 11 is 6.95. The molecule has 9 heteroatoms. The average molecular weight is 395 g/mol. The minimum Gasteiger partial charge on any atom is -0.323 e. The van der Waals surface area contributed by atoms with Gasteiger partial charge in [0.15, 0.2) is 11.0 Å². The zero-order chi connectivity index (χ0) is 18.7. The van der Waals surface area contributed by atoms with E-state index in [1.54, 1.807) is 23.7 Å². The first-order valence-corrected chi connectivity index (χ1v) is 8.83. The van der Waals surface area contributed by atoms with Gasteiger partial charge in [0.25, 0.3) is 0 Å². The minimum absolute atomic E-state index is 0.0152. The van der Waals surface area contributed by atoms with Gasteiger partial charge in [-0.15, -0.1) is 10.2 Å². The Morgan fingerprint density at radius 1 is 1.19 bits per heavy atom. The van der Waals surface area contributed by atoms with Gasteiger partial charge in [-0.05, 0) is 42.5 Å². The predicted octanol–water partition coefficient (Wildman–Crippen LogP) is 4.14. The standard InChI is InChI=1S/C17H13ClF2N4OS/c1-24-16(10-2-5-12(19)6-3-10)22-23-17(24)26-9-15(25)21-14-8-11(18)4-7-13(14)20/h2-8H,9H2,1H3,(H,21,25). The molecule has 134 valence electrons. The van der Waals surface area contributed by atoms with Gasteiger partial charge < -0.3 is 9.88 Å². The van der Waals surface area contributed by atoms with Crippen molar-refractivity contribution >= 4 is 35.0 Å². The van der Waals surface area contributed by atoms with Crippen molar-refractivity contribution < 1.29 is 13.6 Å². The molecule has 0 unspecified atom stereocenters. The number of hydrogen-bond acceptors (Lipinski definition) is 4. The summed E-state index contributed by atoms with van der Waals surface area (Å²) in [6.07, 6.45) is 0. The van der Waals surface area contributed by atoms with Gasteiger partial charge in [-0.3, -0.25) is 4.79 Å². The Hall–Kier alpha value is -2.45. The third kappa shape index (κ3) is 4.20. The van der Waals surface area contributed by atoms with Crippen LogP contribution < -0.4 is 5.32 Å². The van der Waals surface area contributed by atoms with Crippen molar-refractivity contribution in [1.82, 2.24) is 14.8 Å². The van der Waals surface area contributed by atoms with E-state index in [0.717, 1.165) is 11.8 Å². The van der Waals surface area contributed by atoms with E-state index in [0.29, 0.717) is 21.6 Å². The molecule has 0 bridgehead atoms. The Labute approximate surface area is 157 Å². The Morgan fingerprint density at radius 2 is 1.92 bits per heavy atom. The quantitative estimate of drug-likeness (QED) is 0.660. The first-order valence-electron chi connectivity index (χ1n) is 7.47. The number of benzene rings is 2. The number of nitrogens with one attached hydrogen (secondary N) is 1. The smallest absolute Gasteiger partial charge is 0.234 e. The molecule has 0 saturated heterocycles. The van der Waals surface area contributed by atoms with Crippen LogP contribution in [0.5, 0.6) is 0 Å². The number of thioether (sulfide) groups is 1. The van der Waals surface area contributed by atoms with E-state index < -0.39 is 11.7 Å². The van der Waals surface area contributed by atoms with Crippen molar-refractivity contribution in [2.45, 2.75) is 5.16 Å². The monoisotopic (exact) mass is 394 g/mol. The summed E-state index contributed by atoms with van der Waals surface area (Å²) in [4.78, 5) is 12.0. The zero-order valence-electron chi connectivity index (χ0n) is 13.5. The number of aromatic nitrogens is 3. The number of carbonyl (C=O) groups is 1. The molecule has 2 aromatic carbocycles. The molecule has 0 aliphatic heterocycles. The van der Waals surface area contributed by atoms with Crippen LogP contribution in [0.15, 0.2) is 47.6 Å². The van der Waals surface area contributed by atoms with Crippen LogP contribution in [-0.4, -0.2) is 26.4 Å². The van der Waals surface area contributed by atoms with Crippen molar-refractivity contribution in [2.24, 2.45) is 7.05 Å². The number of nitrogens with zero attached hydrogens (tertiary/aromatic N) is 3. The number of halogens is 3. The molecule has 26 heavy (non-hydrogen) atoms. The molecular formula is C17H13ClF2N4OS. The van der Waals surface area contributed by atoms with Gasteiger partial charge in [-0.25, -0.2) is 8.78 Å². The lowest BCUT2D eigenvalue weighted by Gasteiger charge is -2.07. The molecular weight excluding hydrogens is 382 g/mol. The summed E-state index contributed by atoms with van der Waals surface area (Å²) in [5, 5.41) is 11.4. The maximum atomic E-state index is 13.6. The first-order chi connectivity index (χ1) is 12.4. The molecule has 3 rings (SSSR count). The van der Waals surface area contributed by atoms with Crippen molar-refractivity contribution in [2.75, 3.05) is 11.1 Å². The fraction of sp³-hybridized carbons (Fsp3) is 0.118. The molecule has 1 aromatic heterocycles. The van der Waals surface area contributed by atoms with Crippen LogP contribution in [-0.2, 0) is 11.8 Å². The second-order valence-corrected chi connectivity index (χ2v) is 6.71. The summed E-state index contributed by atoms with van der Waals surface area (Å²) in [6, 6.07) is 9.80. The lowest BCUT2D eigenvalue weighted by Crippen LogP contribution is -2.15. The average Bonchev–Trinajstić information content (AvgIpc) is 2.98. The van der Waals surface area contributed by atoms with E-state index in [9.17, 15) is 13.6 Å². The third-order valence-electron chi connectivity index (χ3n) is 3.47. The van der Waals surface area contributed by atoms with Gasteiger partial charge >= 0.3 is 0 Å². The lowest BCUT2D eigenvalue weighted by atomic mass is 10.2. The SMILES string of the molecule is Cn1c(SCC(=O)Nc2cc(Cl)ccc2F)nnc1-c1ccc(F)cc1. The van der Waals surface area contributed by atoms with E-state index in [1.165, 1.54) is 30.3 Å². The molecule has 1 amide bonds. The van der Waals surface area contributed by atoms with Gasteiger partial charge in [0, 0.05) is 17.6 Å². The molecule has 0 aliphatic carbocycles. The van der Waals surface area contributed by atoms with E-state index in [4.69, 9.17) is 11.6 Å². The Balaban J connectivity index is 1.65. The highest BCUT2D eigenvalue weighted by Crippen LogP contribution is 2.24. The highest BCUT2D eigenvalue weighted by molar-refractivity contribution is 7.99. The molecule has 1 N–H and O–H groups in total. The van der Waals surface area contributed by atoms with Crippen molar-refractivity contribution in [3.05, 3.63) is 59.1 Å². The second kappa shape index (κ2) is 7.84. The van der Waals surface area contributed by atoms with Crippen molar-refractivity contribution in [1.29, 1.82) is 0 Å². The minimum atomic E-state index is -0.565. The fourth-order valence-corrected chi connectivity index (χ4v) is 3.08. The summed E-state index contributed by atoms with van der Waals surface area (Å²) < 4.78 is 28.4. The number of amides is 1. The van der Waals surface area contributed by atoms with Crippen LogP contribution in [0, 0.1) is 11.6 Å². The highest BCUT2D eigenvalue weighted by atomic mass is 35.5. The van der Waals surface area contributed by atoms with Crippen LogP contribution in [0.4, 0.5) is 14.5 Å². The lowest BCUT2D eigenvalue weighted by molar-refractivity contribution is -0.113. The number of anilines is 1. The summed E-state index contributed by atoms with van der Waals surface area (Å²) in [5.74, 6) is -0.738. The van der Waals surface area contributed by atoms with E-state index in [1.807, 2.05) is 0 Å². The zero-order valence-corrected chi connectivity index (χ0v) is 15.1. The molecule has 3 aromatic rings. The molecule has 0 saturated carbocycles. The van der Waals surface area contributed by atoms with Crippen LogP contribution in [0.3, 0.4) is 0 Å².